The van der Waals surface area contributed by atoms with Crippen molar-refractivity contribution in [2.24, 2.45) is 0 Å². The van der Waals surface area contributed by atoms with Gasteiger partial charge in [0.1, 0.15) is 11.3 Å². The average Bonchev–Trinajstić information content (AvgIpc) is 2.29. The molecule has 0 atom stereocenters. The molecule has 16 heavy (non-hydrogen) atoms. The highest BCUT2D eigenvalue weighted by Gasteiger charge is 2.20. The molecule has 84 valence electrons. The van der Waals surface area contributed by atoms with Crippen molar-refractivity contribution >= 4 is 11.7 Å². The molecule has 0 unspecified atom stereocenters. The highest BCUT2D eigenvalue weighted by Crippen LogP contribution is 2.11. The fraction of sp³-hybridized carbons (Fsp3) is 0.182. The van der Waals surface area contributed by atoms with Crippen LogP contribution in [-0.2, 0) is 9.53 Å². The van der Waals surface area contributed by atoms with Gasteiger partial charge in [-0.05, 0) is 19.1 Å². The summed E-state index contributed by atoms with van der Waals surface area (Å²) in [6, 6.07) is 3.27. The molecule has 0 spiro atoms. The fourth-order valence-corrected chi connectivity index (χ4v) is 1.19. The van der Waals surface area contributed by atoms with Crippen molar-refractivity contribution in [1.82, 2.24) is 4.98 Å². The molecular formula is C11H12N2O3. The second-order valence-corrected chi connectivity index (χ2v) is 3.07. The van der Waals surface area contributed by atoms with Gasteiger partial charge in [0.05, 0.1) is 12.8 Å². The molecule has 1 rings (SSSR count). The SMILES string of the molecule is COC(=O)C(C(=N)c1cccnc1)=C(C)O. The van der Waals surface area contributed by atoms with Crippen LogP contribution in [0, 0.1) is 5.41 Å². The number of carbonyl (C=O) groups excluding carboxylic acids is 1. The number of methoxy groups -OCH3 is 1. The van der Waals surface area contributed by atoms with Gasteiger partial charge in [-0.1, -0.05) is 0 Å². The number of pyridine rings is 1. The number of aromatic nitrogens is 1. The molecular weight excluding hydrogens is 208 g/mol. The Bertz CT molecular complexity index is 434. The summed E-state index contributed by atoms with van der Waals surface area (Å²) in [5.74, 6) is -0.991. The van der Waals surface area contributed by atoms with E-state index in [2.05, 4.69) is 9.72 Å². The van der Waals surface area contributed by atoms with Gasteiger partial charge in [-0.3, -0.25) is 10.4 Å². The molecule has 0 radical (unpaired) electrons. The minimum absolute atomic E-state index is 0.111. The van der Waals surface area contributed by atoms with Crippen LogP contribution >= 0.6 is 0 Å². The monoisotopic (exact) mass is 220 g/mol. The number of hydrogen-bond donors (Lipinski definition) is 2. The van der Waals surface area contributed by atoms with Gasteiger partial charge in [0.25, 0.3) is 0 Å². The third kappa shape index (κ3) is 2.44. The highest BCUT2D eigenvalue weighted by molar-refractivity contribution is 6.25. The van der Waals surface area contributed by atoms with Gasteiger partial charge in [0.15, 0.2) is 0 Å². The zero-order valence-electron chi connectivity index (χ0n) is 9.02. The fourth-order valence-electron chi connectivity index (χ4n) is 1.19. The third-order valence-electron chi connectivity index (χ3n) is 1.95. The number of allylic oxidation sites excluding steroid dienone is 1. The first-order valence-electron chi connectivity index (χ1n) is 4.55. The second kappa shape index (κ2) is 5.06. The number of nitrogens with one attached hydrogen (secondary N) is 1. The Labute approximate surface area is 92.9 Å². The molecule has 0 aliphatic heterocycles. The first-order valence-corrected chi connectivity index (χ1v) is 4.55. The number of rotatable bonds is 3. The molecule has 0 saturated heterocycles. The molecule has 0 fully saturated rings. The van der Waals surface area contributed by atoms with E-state index in [1.54, 1.807) is 18.3 Å². The van der Waals surface area contributed by atoms with Crippen LogP contribution in [0.3, 0.4) is 0 Å². The largest absolute Gasteiger partial charge is 0.512 e. The zero-order chi connectivity index (χ0) is 12.1. The lowest BCUT2D eigenvalue weighted by atomic mass is 10.0. The molecule has 1 aromatic rings. The highest BCUT2D eigenvalue weighted by atomic mass is 16.5. The lowest BCUT2D eigenvalue weighted by Gasteiger charge is -2.07. The van der Waals surface area contributed by atoms with Crippen LogP contribution in [-0.4, -0.2) is 28.9 Å². The van der Waals surface area contributed by atoms with Crippen LogP contribution in [0.25, 0.3) is 0 Å². The summed E-state index contributed by atoms with van der Waals surface area (Å²) in [5, 5.41) is 17.2. The van der Waals surface area contributed by atoms with Crippen molar-refractivity contribution in [3.8, 4) is 0 Å². The average molecular weight is 220 g/mol. The Morgan fingerprint density at radius 2 is 2.25 bits per heavy atom. The zero-order valence-corrected chi connectivity index (χ0v) is 9.02. The van der Waals surface area contributed by atoms with Crippen molar-refractivity contribution in [2.75, 3.05) is 7.11 Å². The topological polar surface area (TPSA) is 83.3 Å². The van der Waals surface area contributed by atoms with Gasteiger partial charge in [0, 0.05) is 18.0 Å². The van der Waals surface area contributed by atoms with E-state index in [4.69, 9.17) is 5.41 Å². The molecule has 2 N–H and O–H groups in total. The molecule has 1 heterocycles. The van der Waals surface area contributed by atoms with Crippen molar-refractivity contribution < 1.29 is 14.6 Å². The maximum Gasteiger partial charge on any atom is 0.343 e. The maximum atomic E-state index is 11.4. The second-order valence-electron chi connectivity index (χ2n) is 3.07. The molecule has 0 amide bonds. The van der Waals surface area contributed by atoms with Gasteiger partial charge in [0.2, 0.25) is 0 Å². The van der Waals surface area contributed by atoms with Crippen molar-refractivity contribution in [1.29, 1.82) is 5.41 Å². The number of carbonyl (C=O) groups is 1. The summed E-state index contributed by atoms with van der Waals surface area (Å²) < 4.78 is 4.50. The van der Waals surface area contributed by atoms with E-state index in [0.717, 1.165) is 0 Å². The van der Waals surface area contributed by atoms with E-state index >= 15 is 0 Å². The van der Waals surface area contributed by atoms with E-state index < -0.39 is 5.97 Å². The maximum absolute atomic E-state index is 11.4. The van der Waals surface area contributed by atoms with Gasteiger partial charge in [-0.15, -0.1) is 0 Å². The molecule has 0 aromatic carbocycles. The summed E-state index contributed by atoms with van der Waals surface area (Å²) in [4.78, 5) is 15.2. The van der Waals surface area contributed by atoms with Gasteiger partial charge in [-0.2, -0.15) is 0 Å². The number of aliphatic hydroxyl groups is 1. The van der Waals surface area contributed by atoms with Crippen LogP contribution in [0.2, 0.25) is 0 Å². The summed E-state index contributed by atoms with van der Waals surface area (Å²) in [6.07, 6.45) is 3.00. The standard InChI is InChI=1S/C11H12N2O3/c1-7(14)9(11(15)16-2)10(12)8-4-3-5-13-6-8/h3-6,12,14H,1-2H3. The minimum atomic E-state index is -0.742. The van der Waals surface area contributed by atoms with Crippen LogP contribution in [0.15, 0.2) is 35.9 Å². The van der Waals surface area contributed by atoms with Crippen molar-refractivity contribution in [3.63, 3.8) is 0 Å². The van der Waals surface area contributed by atoms with Crippen LogP contribution in [0.5, 0.6) is 0 Å². The summed E-state index contributed by atoms with van der Waals surface area (Å²) in [6.45, 7) is 1.33. The van der Waals surface area contributed by atoms with E-state index in [1.807, 2.05) is 0 Å². The van der Waals surface area contributed by atoms with E-state index in [-0.39, 0.29) is 17.0 Å². The van der Waals surface area contributed by atoms with E-state index in [0.29, 0.717) is 5.56 Å². The normalized spacial score (nSPS) is 11.6. The molecule has 0 bridgehead atoms. The van der Waals surface area contributed by atoms with Crippen LogP contribution < -0.4 is 0 Å². The predicted molar refractivity (Wildman–Crippen MR) is 58.4 cm³/mol. The quantitative estimate of drug-likeness (QED) is 0.349. The van der Waals surface area contributed by atoms with Crippen LogP contribution in [0.4, 0.5) is 0 Å². The molecule has 0 aliphatic carbocycles. The summed E-state index contributed by atoms with van der Waals surface area (Å²) >= 11 is 0. The van der Waals surface area contributed by atoms with E-state index in [1.165, 1.54) is 20.2 Å². The lowest BCUT2D eigenvalue weighted by molar-refractivity contribution is -0.135. The molecule has 0 saturated carbocycles. The third-order valence-corrected chi connectivity index (χ3v) is 1.95. The minimum Gasteiger partial charge on any atom is -0.512 e. The molecule has 5 nitrogen and oxygen atoms in total. The number of ether oxygens (including phenoxy) is 1. The summed E-state index contributed by atoms with van der Waals surface area (Å²) in [7, 11) is 1.20. The smallest absolute Gasteiger partial charge is 0.343 e. The Morgan fingerprint density at radius 1 is 1.56 bits per heavy atom. The number of hydrogen-bond acceptors (Lipinski definition) is 5. The Balaban J connectivity index is 3.13. The number of esters is 1. The number of aliphatic hydroxyl groups excluding tert-OH is 1. The predicted octanol–water partition coefficient (Wildman–Crippen LogP) is 1.45. The van der Waals surface area contributed by atoms with Crippen molar-refractivity contribution in [3.05, 3.63) is 41.4 Å². The van der Waals surface area contributed by atoms with Crippen LogP contribution in [0.1, 0.15) is 12.5 Å². The first kappa shape index (κ1) is 11.9. The summed E-state index contributed by atoms with van der Waals surface area (Å²) in [5.41, 5.74) is 0.173. The number of nitrogens with zero attached hydrogens (tertiary/aromatic N) is 1. The first-order chi connectivity index (χ1) is 7.57. The molecule has 5 heteroatoms. The molecule has 1 aromatic heterocycles. The Hall–Kier alpha value is -2.17. The molecule has 0 aliphatic rings. The van der Waals surface area contributed by atoms with E-state index in [9.17, 15) is 9.90 Å². The Morgan fingerprint density at radius 3 is 2.69 bits per heavy atom. The van der Waals surface area contributed by atoms with Gasteiger partial charge < -0.3 is 9.84 Å². The lowest BCUT2D eigenvalue weighted by Crippen LogP contribution is -2.17. The Kier molecular flexibility index (Phi) is 3.77. The van der Waals surface area contributed by atoms with Gasteiger partial charge in [-0.25, -0.2) is 4.79 Å². The van der Waals surface area contributed by atoms with Crippen molar-refractivity contribution in [2.45, 2.75) is 6.92 Å². The van der Waals surface area contributed by atoms with Gasteiger partial charge >= 0.3 is 5.97 Å².